The van der Waals surface area contributed by atoms with Crippen molar-refractivity contribution in [2.24, 2.45) is 0 Å². The first-order chi connectivity index (χ1) is 9.01. The van der Waals surface area contributed by atoms with Crippen molar-refractivity contribution in [1.29, 1.82) is 0 Å². The zero-order chi connectivity index (χ0) is 14.4. The SMILES string of the molecule is C=C/C=C\c1c(C)cc(C(=O)OCC)n1CC(=O)O. The molecule has 1 rings (SSSR count). The maximum absolute atomic E-state index is 11.8. The van der Waals surface area contributed by atoms with E-state index in [1.54, 1.807) is 31.2 Å². The summed E-state index contributed by atoms with van der Waals surface area (Å²) in [5.41, 5.74) is 1.71. The molecule has 0 saturated heterocycles. The van der Waals surface area contributed by atoms with Gasteiger partial charge in [0.05, 0.1) is 6.61 Å². The molecule has 1 N–H and O–H groups in total. The number of hydrogen-bond donors (Lipinski definition) is 1. The molecule has 0 unspecified atom stereocenters. The molecule has 0 radical (unpaired) electrons. The highest BCUT2D eigenvalue weighted by Gasteiger charge is 2.19. The maximum Gasteiger partial charge on any atom is 0.354 e. The number of aryl methyl sites for hydroxylation is 1. The van der Waals surface area contributed by atoms with E-state index in [9.17, 15) is 9.59 Å². The van der Waals surface area contributed by atoms with Crippen LogP contribution in [0, 0.1) is 6.92 Å². The first-order valence-corrected chi connectivity index (χ1v) is 5.89. The average Bonchev–Trinajstić information content (AvgIpc) is 2.63. The van der Waals surface area contributed by atoms with Crippen LogP contribution in [-0.4, -0.2) is 28.2 Å². The van der Waals surface area contributed by atoms with Crippen LogP contribution in [-0.2, 0) is 16.1 Å². The van der Waals surface area contributed by atoms with E-state index in [1.807, 2.05) is 6.92 Å². The minimum Gasteiger partial charge on any atom is -0.480 e. The number of ether oxygens (including phenoxy) is 1. The Bertz CT molecular complexity index is 526. The molecule has 19 heavy (non-hydrogen) atoms. The van der Waals surface area contributed by atoms with E-state index >= 15 is 0 Å². The highest BCUT2D eigenvalue weighted by Crippen LogP contribution is 2.18. The fourth-order valence-electron chi connectivity index (χ4n) is 1.76. The molecule has 1 heterocycles. The number of aliphatic carboxylic acids is 1. The van der Waals surface area contributed by atoms with Crippen molar-refractivity contribution in [2.75, 3.05) is 6.61 Å². The van der Waals surface area contributed by atoms with E-state index in [-0.39, 0.29) is 18.8 Å². The summed E-state index contributed by atoms with van der Waals surface area (Å²) in [4.78, 5) is 22.7. The zero-order valence-electron chi connectivity index (χ0n) is 11.0. The molecule has 0 fully saturated rings. The Morgan fingerprint density at radius 1 is 1.53 bits per heavy atom. The second kappa shape index (κ2) is 6.58. The standard InChI is InChI=1S/C14H17NO4/c1-4-6-7-11-10(3)8-12(14(18)19-5-2)15(11)9-13(16)17/h4,6-8H,1,5,9H2,2-3H3,(H,16,17)/b7-6-. The molecule has 0 aliphatic heterocycles. The third-order valence-corrected chi connectivity index (χ3v) is 2.51. The van der Waals surface area contributed by atoms with Gasteiger partial charge in [-0.25, -0.2) is 4.79 Å². The maximum atomic E-state index is 11.8. The average molecular weight is 263 g/mol. The molecule has 0 aliphatic rings. The summed E-state index contributed by atoms with van der Waals surface area (Å²) in [5, 5.41) is 8.94. The highest BCUT2D eigenvalue weighted by molar-refractivity contribution is 5.89. The van der Waals surface area contributed by atoms with Gasteiger partial charge in [0.15, 0.2) is 0 Å². The van der Waals surface area contributed by atoms with Crippen LogP contribution in [0.1, 0.15) is 28.7 Å². The quantitative estimate of drug-likeness (QED) is 0.631. The van der Waals surface area contributed by atoms with Crippen LogP contribution in [0.4, 0.5) is 0 Å². The van der Waals surface area contributed by atoms with Crippen LogP contribution < -0.4 is 0 Å². The molecule has 0 amide bonds. The van der Waals surface area contributed by atoms with Crippen LogP contribution in [0.2, 0.25) is 0 Å². The fourth-order valence-corrected chi connectivity index (χ4v) is 1.76. The Hall–Kier alpha value is -2.30. The van der Waals surface area contributed by atoms with Crippen molar-refractivity contribution >= 4 is 18.0 Å². The molecule has 0 saturated carbocycles. The third-order valence-electron chi connectivity index (χ3n) is 2.51. The summed E-state index contributed by atoms with van der Waals surface area (Å²) in [6.07, 6.45) is 4.99. The number of nitrogens with zero attached hydrogens (tertiary/aromatic N) is 1. The predicted molar refractivity (Wildman–Crippen MR) is 72.0 cm³/mol. The Balaban J connectivity index is 3.30. The van der Waals surface area contributed by atoms with E-state index in [0.29, 0.717) is 5.69 Å². The second-order valence-corrected chi connectivity index (χ2v) is 3.89. The molecule has 102 valence electrons. The van der Waals surface area contributed by atoms with Gasteiger partial charge in [0.2, 0.25) is 0 Å². The van der Waals surface area contributed by atoms with E-state index in [0.717, 1.165) is 5.56 Å². The fraction of sp³-hybridized carbons (Fsp3) is 0.286. The van der Waals surface area contributed by atoms with Gasteiger partial charge in [-0.05, 0) is 31.6 Å². The van der Waals surface area contributed by atoms with Crippen molar-refractivity contribution in [1.82, 2.24) is 4.57 Å². The molecule has 1 aromatic heterocycles. The topological polar surface area (TPSA) is 68.5 Å². The molecule has 1 aromatic rings. The minimum atomic E-state index is -1.02. The predicted octanol–water partition coefficient (Wildman–Crippen LogP) is 2.26. The van der Waals surface area contributed by atoms with Crippen LogP contribution in [0.3, 0.4) is 0 Å². The monoisotopic (exact) mass is 263 g/mol. The van der Waals surface area contributed by atoms with Gasteiger partial charge in [-0.1, -0.05) is 18.7 Å². The van der Waals surface area contributed by atoms with Crippen molar-refractivity contribution in [3.63, 3.8) is 0 Å². The van der Waals surface area contributed by atoms with Gasteiger partial charge in [-0.2, -0.15) is 0 Å². The highest BCUT2D eigenvalue weighted by atomic mass is 16.5. The van der Waals surface area contributed by atoms with Crippen LogP contribution >= 0.6 is 0 Å². The molecule has 0 aliphatic carbocycles. The van der Waals surface area contributed by atoms with Gasteiger partial charge < -0.3 is 14.4 Å². The molecule has 0 bridgehead atoms. The van der Waals surface area contributed by atoms with Gasteiger partial charge in [0.1, 0.15) is 12.2 Å². The summed E-state index contributed by atoms with van der Waals surface area (Å²) < 4.78 is 6.35. The smallest absolute Gasteiger partial charge is 0.354 e. The number of aromatic nitrogens is 1. The number of rotatable bonds is 6. The Morgan fingerprint density at radius 3 is 2.74 bits per heavy atom. The first kappa shape index (κ1) is 14.8. The van der Waals surface area contributed by atoms with Gasteiger partial charge in [-0.3, -0.25) is 4.79 Å². The second-order valence-electron chi connectivity index (χ2n) is 3.89. The number of carbonyl (C=O) groups excluding carboxylic acids is 1. The summed E-state index contributed by atoms with van der Waals surface area (Å²) in [7, 11) is 0. The van der Waals surface area contributed by atoms with E-state index in [2.05, 4.69) is 6.58 Å². The van der Waals surface area contributed by atoms with Gasteiger partial charge in [-0.15, -0.1) is 0 Å². The largest absolute Gasteiger partial charge is 0.480 e. The van der Waals surface area contributed by atoms with Crippen LogP contribution in [0.5, 0.6) is 0 Å². The lowest BCUT2D eigenvalue weighted by molar-refractivity contribution is -0.137. The Morgan fingerprint density at radius 2 is 2.21 bits per heavy atom. The Kier molecular flexibility index (Phi) is 5.11. The number of carbonyl (C=O) groups is 2. The lowest BCUT2D eigenvalue weighted by Crippen LogP contribution is -2.17. The number of carboxylic acid groups (broad SMARTS) is 1. The number of hydrogen-bond acceptors (Lipinski definition) is 3. The number of allylic oxidation sites excluding steroid dienone is 2. The summed E-state index contributed by atoms with van der Waals surface area (Å²) in [5.74, 6) is -1.54. The summed E-state index contributed by atoms with van der Waals surface area (Å²) >= 11 is 0. The first-order valence-electron chi connectivity index (χ1n) is 5.89. The molecule has 0 atom stereocenters. The zero-order valence-corrected chi connectivity index (χ0v) is 11.0. The van der Waals surface area contributed by atoms with Crippen LogP contribution in [0.25, 0.3) is 6.08 Å². The molecule has 0 aromatic carbocycles. The van der Waals surface area contributed by atoms with Gasteiger partial charge in [0, 0.05) is 5.69 Å². The van der Waals surface area contributed by atoms with Gasteiger partial charge >= 0.3 is 11.9 Å². The lowest BCUT2D eigenvalue weighted by Gasteiger charge is -2.08. The Labute approximate surface area is 111 Å². The molecular weight excluding hydrogens is 246 g/mol. The van der Waals surface area contributed by atoms with Crippen molar-refractivity contribution in [3.8, 4) is 0 Å². The summed E-state index contributed by atoms with van der Waals surface area (Å²) in [6.45, 7) is 7.03. The lowest BCUT2D eigenvalue weighted by atomic mass is 10.2. The minimum absolute atomic E-state index is 0.241. The summed E-state index contributed by atoms with van der Waals surface area (Å²) in [6, 6.07) is 1.63. The number of esters is 1. The molecular formula is C14H17NO4. The molecule has 5 nitrogen and oxygen atoms in total. The van der Waals surface area contributed by atoms with Crippen molar-refractivity contribution in [2.45, 2.75) is 20.4 Å². The normalized spacial score (nSPS) is 10.6. The van der Waals surface area contributed by atoms with Crippen molar-refractivity contribution in [3.05, 3.63) is 41.7 Å². The van der Waals surface area contributed by atoms with E-state index < -0.39 is 11.9 Å². The van der Waals surface area contributed by atoms with E-state index in [1.165, 1.54) is 4.57 Å². The third kappa shape index (κ3) is 3.58. The van der Waals surface area contributed by atoms with Crippen LogP contribution in [0.15, 0.2) is 24.8 Å². The molecule has 5 heteroatoms. The van der Waals surface area contributed by atoms with Gasteiger partial charge in [0.25, 0.3) is 0 Å². The number of carboxylic acids is 1. The molecule has 0 spiro atoms. The van der Waals surface area contributed by atoms with E-state index in [4.69, 9.17) is 9.84 Å². The van der Waals surface area contributed by atoms with Crippen molar-refractivity contribution < 1.29 is 19.4 Å².